The standard InChI is InChI=1S/C16H25NO2/c1-4-18-15-8-7-13(10-16(15)19-12(2)3)14-6-5-9-17-11-14/h7-8,10,12,14,17H,4-6,9,11H2,1-3H3. The molecule has 0 aromatic heterocycles. The number of hydrogen-bond acceptors (Lipinski definition) is 3. The van der Waals surface area contributed by atoms with Crippen molar-refractivity contribution in [1.82, 2.24) is 5.32 Å². The van der Waals surface area contributed by atoms with Gasteiger partial charge < -0.3 is 14.8 Å². The van der Waals surface area contributed by atoms with Crippen LogP contribution in [0.3, 0.4) is 0 Å². The van der Waals surface area contributed by atoms with Crippen LogP contribution in [0.15, 0.2) is 18.2 Å². The Morgan fingerprint density at radius 3 is 2.79 bits per heavy atom. The lowest BCUT2D eigenvalue weighted by Gasteiger charge is -2.24. The quantitative estimate of drug-likeness (QED) is 0.884. The fourth-order valence-electron chi connectivity index (χ4n) is 2.54. The van der Waals surface area contributed by atoms with Gasteiger partial charge in [0.05, 0.1) is 12.7 Å². The molecule has 106 valence electrons. The van der Waals surface area contributed by atoms with E-state index in [1.165, 1.54) is 18.4 Å². The van der Waals surface area contributed by atoms with E-state index in [4.69, 9.17) is 9.47 Å². The third-order valence-corrected chi connectivity index (χ3v) is 3.40. The topological polar surface area (TPSA) is 30.5 Å². The van der Waals surface area contributed by atoms with Gasteiger partial charge in [0.1, 0.15) is 0 Å². The predicted octanol–water partition coefficient (Wildman–Crippen LogP) is 3.34. The summed E-state index contributed by atoms with van der Waals surface area (Å²) in [5, 5.41) is 3.46. The molecule has 3 nitrogen and oxygen atoms in total. The van der Waals surface area contributed by atoms with Gasteiger partial charge in [-0.2, -0.15) is 0 Å². The molecule has 1 N–H and O–H groups in total. The maximum Gasteiger partial charge on any atom is 0.161 e. The number of ether oxygens (including phenoxy) is 2. The fourth-order valence-corrected chi connectivity index (χ4v) is 2.54. The number of piperidine rings is 1. The maximum absolute atomic E-state index is 5.88. The molecule has 0 aliphatic carbocycles. The highest BCUT2D eigenvalue weighted by molar-refractivity contribution is 5.44. The molecule has 0 saturated carbocycles. The number of hydrogen-bond donors (Lipinski definition) is 1. The summed E-state index contributed by atoms with van der Waals surface area (Å²) in [5.74, 6) is 2.32. The van der Waals surface area contributed by atoms with Crippen LogP contribution in [0.1, 0.15) is 45.1 Å². The van der Waals surface area contributed by atoms with E-state index in [-0.39, 0.29) is 6.10 Å². The molecular formula is C16H25NO2. The molecule has 0 radical (unpaired) electrons. The predicted molar refractivity (Wildman–Crippen MR) is 78.2 cm³/mol. The lowest BCUT2D eigenvalue weighted by Crippen LogP contribution is -2.28. The van der Waals surface area contributed by atoms with Crippen LogP contribution in [0.4, 0.5) is 0 Å². The van der Waals surface area contributed by atoms with Gasteiger partial charge in [0.2, 0.25) is 0 Å². The highest BCUT2D eigenvalue weighted by Crippen LogP contribution is 2.33. The summed E-state index contributed by atoms with van der Waals surface area (Å²) in [6.07, 6.45) is 2.67. The van der Waals surface area contributed by atoms with E-state index in [0.29, 0.717) is 12.5 Å². The summed E-state index contributed by atoms with van der Waals surface area (Å²) in [7, 11) is 0. The molecule has 3 heteroatoms. The molecule has 1 saturated heterocycles. The molecule has 1 atom stereocenters. The van der Waals surface area contributed by atoms with Crippen molar-refractivity contribution in [1.29, 1.82) is 0 Å². The average molecular weight is 263 g/mol. The molecule has 2 rings (SSSR count). The first-order chi connectivity index (χ1) is 9.20. The van der Waals surface area contributed by atoms with Crippen LogP contribution in [-0.4, -0.2) is 25.8 Å². The van der Waals surface area contributed by atoms with Crippen LogP contribution in [0.25, 0.3) is 0 Å². The summed E-state index contributed by atoms with van der Waals surface area (Å²) >= 11 is 0. The van der Waals surface area contributed by atoms with Crippen LogP contribution in [0, 0.1) is 0 Å². The minimum atomic E-state index is 0.166. The fraction of sp³-hybridized carbons (Fsp3) is 0.625. The zero-order valence-corrected chi connectivity index (χ0v) is 12.2. The van der Waals surface area contributed by atoms with Crippen LogP contribution < -0.4 is 14.8 Å². The molecule has 1 aliphatic rings. The van der Waals surface area contributed by atoms with Gasteiger partial charge >= 0.3 is 0 Å². The SMILES string of the molecule is CCOc1ccc(C2CCCNC2)cc1OC(C)C. The molecule has 0 bridgehead atoms. The second-order valence-electron chi connectivity index (χ2n) is 5.35. The lowest BCUT2D eigenvalue weighted by molar-refractivity contribution is 0.223. The molecule has 1 heterocycles. The van der Waals surface area contributed by atoms with E-state index in [9.17, 15) is 0 Å². The molecule has 1 fully saturated rings. The van der Waals surface area contributed by atoms with Crippen molar-refractivity contribution < 1.29 is 9.47 Å². The summed E-state index contributed by atoms with van der Waals surface area (Å²) in [6, 6.07) is 6.38. The molecule has 1 unspecified atom stereocenters. The normalized spacial score (nSPS) is 19.5. The van der Waals surface area contributed by atoms with E-state index in [1.54, 1.807) is 0 Å². The molecule has 0 amide bonds. The summed E-state index contributed by atoms with van der Waals surface area (Å²) in [5.41, 5.74) is 1.35. The van der Waals surface area contributed by atoms with Crippen LogP contribution in [0.5, 0.6) is 11.5 Å². The van der Waals surface area contributed by atoms with Gasteiger partial charge in [0.25, 0.3) is 0 Å². The van der Waals surface area contributed by atoms with Gasteiger partial charge in [-0.15, -0.1) is 0 Å². The summed E-state index contributed by atoms with van der Waals surface area (Å²) in [6.45, 7) is 8.96. The van der Waals surface area contributed by atoms with E-state index in [2.05, 4.69) is 17.4 Å². The van der Waals surface area contributed by atoms with E-state index in [0.717, 1.165) is 24.6 Å². The minimum absolute atomic E-state index is 0.166. The van der Waals surface area contributed by atoms with Crippen LogP contribution in [0.2, 0.25) is 0 Å². The van der Waals surface area contributed by atoms with Gasteiger partial charge in [-0.25, -0.2) is 0 Å². The van der Waals surface area contributed by atoms with Crippen molar-refractivity contribution in [2.45, 2.75) is 45.6 Å². The van der Waals surface area contributed by atoms with Gasteiger partial charge in [-0.05, 0) is 63.8 Å². The lowest BCUT2D eigenvalue weighted by atomic mass is 9.91. The van der Waals surface area contributed by atoms with Gasteiger partial charge in [-0.3, -0.25) is 0 Å². The first-order valence-corrected chi connectivity index (χ1v) is 7.34. The van der Waals surface area contributed by atoms with Gasteiger partial charge in [0.15, 0.2) is 11.5 Å². The van der Waals surface area contributed by atoms with Crippen molar-refractivity contribution in [2.75, 3.05) is 19.7 Å². The van der Waals surface area contributed by atoms with Crippen molar-refractivity contribution in [3.8, 4) is 11.5 Å². The van der Waals surface area contributed by atoms with Crippen LogP contribution >= 0.6 is 0 Å². The molecule has 1 aliphatic heterocycles. The number of nitrogens with one attached hydrogen (secondary N) is 1. The second kappa shape index (κ2) is 6.80. The maximum atomic E-state index is 5.88. The van der Waals surface area contributed by atoms with E-state index in [1.807, 2.05) is 26.8 Å². The molecule has 1 aromatic rings. The monoisotopic (exact) mass is 263 g/mol. The van der Waals surface area contributed by atoms with Crippen molar-refractivity contribution in [3.05, 3.63) is 23.8 Å². The second-order valence-corrected chi connectivity index (χ2v) is 5.35. The third kappa shape index (κ3) is 3.87. The Labute approximate surface area is 116 Å². The Bertz CT molecular complexity index is 398. The number of rotatable bonds is 5. The Balaban J connectivity index is 2.20. The summed E-state index contributed by atoms with van der Waals surface area (Å²) in [4.78, 5) is 0. The van der Waals surface area contributed by atoms with Crippen molar-refractivity contribution in [2.24, 2.45) is 0 Å². The largest absolute Gasteiger partial charge is 0.490 e. The molecule has 19 heavy (non-hydrogen) atoms. The van der Waals surface area contributed by atoms with E-state index >= 15 is 0 Å². The van der Waals surface area contributed by atoms with Gasteiger partial charge in [-0.1, -0.05) is 6.07 Å². The Morgan fingerprint density at radius 2 is 2.16 bits per heavy atom. The zero-order valence-electron chi connectivity index (χ0n) is 12.2. The average Bonchev–Trinajstić information content (AvgIpc) is 2.41. The number of benzene rings is 1. The Morgan fingerprint density at radius 1 is 1.32 bits per heavy atom. The summed E-state index contributed by atoms with van der Waals surface area (Å²) < 4.78 is 11.5. The minimum Gasteiger partial charge on any atom is -0.490 e. The van der Waals surface area contributed by atoms with Crippen LogP contribution in [-0.2, 0) is 0 Å². The van der Waals surface area contributed by atoms with Gasteiger partial charge in [0, 0.05) is 6.54 Å². The first kappa shape index (κ1) is 14.2. The highest BCUT2D eigenvalue weighted by Gasteiger charge is 2.17. The van der Waals surface area contributed by atoms with E-state index < -0.39 is 0 Å². The Hall–Kier alpha value is -1.22. The third-order valence-electron chi connectivity index (χ3n) is 3.40. The van der Waals surface area contributed by atoms with Crippen molar-refractivity contribution in [3.63, 3.8) is 0 Å². The smallest absolute Gasteiger partial charge is 0.161 e. The molecular weight excluding hydrogens is 238 g/mol. The molecule has 0 spiro atoms. The Kier molecular flexibility index (Phi) is 5.08. The van der Waals surface area contributed by atoms with Crippen molar-refractivity contribution >= 4 is 0 Å². The highest BCUT2D eigenvalue weighted by atomic mass is 16.5. The zero-order chi connectivity index (χ0) is 13.7. The first-order valence-electron chi connectivity index (χ1n) is 7.34. The molecule has 1 aromatic carbocycles.